The number of pyridine rings is 1. The van der Waals surface area contributed by atoms with Gasteiger partial charge >= 0.3 is 0 Å². The quantitative estimate of drug-likeness (QED) is 0.845. The van der Waals surface area contributed by atoms with Crippen molar-refractivity contribution in [1.29, 1.82) is 0 Å². The predicted molar refractivity (Wildman–Crippen MR) is 59.2 cm³/mol. The molecule has 0 saturated carbocycles. The number of nitrogens with two attached hydrogens (primary N) is 1. The third-order valence-corrected chi connectivity index (χ3v) is 2.84. The maximum absolute atomic E-state index is 12.9. The Morgan fingerprint density at radius 3 is 2.80 bits per heavy atom. The summed E-state index contributed by atoms with van der Waals surface area (Å²) in [6.07, 6.45) is 1.66. The van der Waals surface area contributed by atoms with Crippen molar-refractivity contribution in [3.05, 3.63) is 48.4 Å². The SMILES string of the molecule is Nc1cccnc1Sc1cccc(F)c1. The van der Waals surface area contributed by atoms with Crippen LogP contribution < -0.4 is 5.73 Å². The molecule has 1 heterocycles. The fourth-order valence-electron chi connectivity index (χ4n) is 1.13. The molecule has 2 rings (SSSR count). The fraction of sp³-hybridized carbons (Fsp3) is 0. The number of hydrogen-bond acceptors (Lipinski definition) is 3. The molecule has 1 aromatic carbocycles. The van der Waals surface area contributed by atoms with Crippen LogP contribution in [0.15, 0.2) is 52.5 Å². The number of rotatable bonds is 2. The van der Waals surface area contributed by atoms with Gasteiger partial charge in [0.2, 0.25) is 0 Å². The molecule has 0 aliphatic heterocycles. The standard InChI is InChI=1S/C11H9FN2S/c12-8-3-1-4-9(7-8)15-11-10(13)5-2-6-14-11/h1-7H,13H2. The second-order valence-corrected chi connectivity index (χ2v) is 4.02. The minimum atomic E-state index is -0.255. The van der Waals surface area contributed by atoms with Gasteiger partial charge in [0.1, 0.15) is 10.8 Å². The summed E-state index contributed by atoms with van der Waals surface area (Å²) >= 11 is 1.35. The van der Waals surface area contributed by atoms with Crippen LogP contribution >= 0.6 is 11.8 Å². The van der Waals surface area contributed by atoms with Crippen molar-refractivity contribution in [1.82, 2.24) is 4.98 Å². The molecule has 1 aromatic heterocycles. The summed E-state index contributed by atoms with van der Waals surface area (Å²) in [6, 6.07) is 9.89. The summed E-state index contributed by atoms with van der Waals surface area (Å²) in [5, 5.41) is 0.697. The van der Waals surface area contributed by atoms with E-state index >= 15 is 0 Å². The van der Waals surface area contributed by atoms with Gasteiger partial charge in [-0.05, 0) is 30.3 Å². The van der Waals surface area contributed by atoms with Crippen LogP contribution in [0.1, 0.15) is 0 Å². The van der Waals surface area contributed by atoms with E-state index in [2.05, 4.69) is 4.98 Å². The fourth-order valence-corrected chi connectivity index (χ4v) is 1.97. The lowest BCUT2D eigenvalue weighted by atomic mass is 10.4. The third-order valence-electron chi connectivity index (χ3n) is 1.81. The number of nitrogens with zero attached hydrogens (tertiary/aromatic N) is 1. The van der Waals surface area contributed by atoms with Crippen molar-refractivity contribution < 1.29 is 4.39 Å². The van der Waals surface area contributed by atoms with Crippen LogP contribution in [0.3, 0.4) is 0 Å². The molecule has 0 unspecified atom stereocenters. The minimum Gasteiger partial charge on any atom is -0.397 e. The van der Waals surface area contributed by atoms with Gasteiger partial charge in [0.15, 0.2) is 0 Å². The van der Waals surface area contributed by atoms with Crippen molar-refractivity contribution in [2.75, 3.05) is 5.73 Å². The molecular formula is C11H9FN2S. The highest BCUT2D eigenvalue weighted by molar-refractivity contribution is 7.99. The van der Waals surface area contributed by atoms with E-state index in [9.17, 15) is 4.39 Å². The zero-order valence-corrected chi connectivity index (χ0v) is 8.67. The molecule has 0 saturated heterocycles. The van der Waals surface area contributed by atoms with Crippen LogP contribution in [0, 0.1) is 5.82 Å². The highest BCUT2D eigenvalue weighted by Gasteiger charge is 2.02. The maximum atomic E-state index is 12.9. The number of aromatic nitrogens is 1. The Morgan fingerprint density at radius 2 is 2.07 bits per heavy atom. The molecule has 0 radical (unpaired) electrons. The largest absolute Gasteiger partial charge is 0.397 e. The molecule has 4 heteroatoms. The van der Waals surface area contributed by atoms with Crippen LogP contribution in [-0.4, -0.2) is 4.98 Å². The van der Waals surface area contributed by atoms with Crippen LogP contribution in [0.4, 0.5) is 10.1 Å². The molecule has 2 aromatic rings. The van der Waals surface area contributed by atoms with Crippen molar-refractivity contribution in [2.45, 2.75) is 9.92 Å². The minimum absolute atomic E-state index is 0.255. The smallest absolute Gasteiger partial charge is 0.124 e. The lowest BCUT2D eigenvalue weighted by Gasteiger charge is -2.03. The molecule has 0 spiro atoms. The molecule has 2 N–H and O–H groups in total. The Labute approximate surface area is 91.3 Å². The number of benzene rings is 1. The zero-order valence-electron chi connectivity index (χ0n) is 7.85. The molecule has 0 atom stereocenters. The van der Waals surface area contributed by atoms with E-state index in [0.717, 1.165) is 4.90 Å². The second kappa shape index (κ2) is 4.31. The molecule has 0 bridgehead atoms. The first kappa shape index (κ1) is 9.98. The Morgan fingerprint density at radius 1 is 1.20 bits per heavy atom. The van der Waals surface area contributed by atoms with Gasteiger partial charge < -0.3 is 5.73 Å². The highest BCUT2D eigenvalue weighted by atomic mass is 32.2. The Balaban J connectivity index is 2.26. The second-order valence-electron chi connectivity index (χ2n) is 2.96. The number of anilines is 1. The van der Waals surface area contributed by atoms with E-state index in [-0.39, 0.29) is 5.82 Å². The zero-order chi connectivity index (χ0) is 10.7. The van der Waals surface area contributed by atoms with Crippen molar-refractivity contribution >= 4 is 17.4 Å². The van der Waals surface area contributed by atoms with E-state index in [1.807, 2.05) is 6.07 Å². The van der Waals surface area contributed by atoms with Crippen LogP contribution in [0.25, 0.3) is 0 Å². The van der Waals surface area contributed by atoms with Gasteiger partial charge in [-0.3, -0.25) is 0 Å². The van der Waals surface area contributed by atoms with Crippen LogP contribution in [-0.2, 0) is 0 Å². The Bertz CT molecular complexity index is 474. The van der Waals surface area contributed by atoms with Crippen LogP contribution in [0.5, 0.6) is 0 Å². The van der Waals surface area contributed by atoms with E-state index in [1.54, 1.807) is 24.4 Å². The lowest BCUT2D eigenvalue weighted by Crippen LogP contribution is -1.90. The molecule has 0 aliphatic rings. The molecular weight excluding hydrogens is 211 g/mol. The van der Waals surface area contributed by atoms with E-state index < -0.39 is 0 Å². The molecule has 0 amide bonds. The molecule has 15 heavy (non-hydrogen) atoms. The summed E-state index contributed by atoms with van der Waals surface area (Å²) < 4.78 is 12.9. The molecule has 76 valence electrons. The Kier molecular flexibility index (Phi) is 2.87. The first-order valence-electron chi connectivity index (χ1n) is 4.39. The van der Waals surface area contributed by atoms with Crippen molar-refractivity contribution in [2.24, 2.45) is 0 Å². The maximum Gasteiger partial charge on any atom is 0.124 e. The first-order chi connectivity index (χ1) is 7.25. The van der Waals surface area contributed by atoms with Gasteiger partial charge in [-0.1, -0.05) is 17.8 Å². The average molecular weight is 220 g/mol. The topological polar surface area (TPSA) is 38.9 Å². The lowest BCUT2D eigenvalue weighted by molar-refractivity contribution is 0.624. The van der Waals surface area contributed by atoms with Crippen molar-refractivity contribution in [3.8, 4) is 0 Å². The summed E-state index contributed by atoms with van der Waals surface area (Å²) in [4.78, 5) is 4.91. The average Bonchev–Trinajstić information content (AvgIpc) is 2.22. The molecule has 0 aliphatic carbocycles. The predicted octanol–water partition coefficient (Wildman–Crippen LogP) is 2.95. The van der Waals surface area contributed by atoms with Crippen LogP contribution in [0.2, 0.25) is 0 Å². The van der Waals surface area contributed by atoms with Gasteiger partial charge in [0.05, 0.1) is 5.69 Å². The monoisotopic (exact) mass is 220 g/mol. The normalized spacial score (nSPS) is 10.2. The molecule has 0 fully saturated rings. The highest BCUT2D eigenvalue weighted by Crippen LogP contribution is 2.29. The Hall–Kier alpha value is -1.55. The molecule has 2 nitrogen and oxygen atoms in total. The number of nitrogen functional groups attached to an aromatic ring is 1. The summed E-state index contributed by atoms with van der Waals surface area (Å²) in [7, 11) is 0. The third kappa shape index (κ3) is 2.47. The first-order valence-corrected chi connectivity index (χ1v) is 5.21. The van der Waals surface area contributed by atoms with E-state index in [1.165, 1.54) is 23.9 Å². The van der Waals surface area contributed by atoms with Gasteiger partial charge in [-0.15, -0.1) is 0 Å². The van der Waals surface area contributed by atoms with Gasteiger partial charge in [0.25, 0.3) is 0 Å². The van der Waals surface area contributed by atoms with E-state index in [4.69, 9.17) is 5.73 Å². The van der Waals surface area contributed by atoms with Gasteiger partial charge in [-0.25, -0.2) is 9.37 Å². The summed E-state index contributed by atoms with van der Waals surface area (Å²) in [5.74, 6) is -0.255. The van der Waals surface area contributed by atoms with Gasteiger partial charge in [-0.2, -0.15) is 0 Å². The summed E-state index contributed by atoms with van der Waals surface area (Å²) in [5.41, 5.74) is 6.33. The number of halogens is 1. The van der Waals surface area contributed by atoms with Gasteiger partial charge in [0, 0.05) is 11.1 Å². The van der Waals surface area contributed by atoms with Crippen molar-refractivity contribution in [3.63, 3.8) is 0 Å². The van der Waals surface area contributed by atoms with E-state index in [0.29, 0.717) is 10.7 Å². The number of hydrogen-bond donors (Lipinski definition) is 1. The summed E-state index contributed by atoms with van der Waals surface area (Å²) in [6.45, 7) is 0.